The zero-order valence-corrected chi connectivity index (χ0v) is 15.9. The van der Waals surface area contributed by atoms with Gasteiger partial charge in [0.25, 0.3) is 0 Å². The van der Waals surface area contributed by atoms with Crippen molar-refractivity contribution in [3.63, 3.8) is 0 Å². The molecule has 1 atom stereocenters. The molecule has 1 saturated heterocycles. The Hall–Kier alpha value is -2.28. The maximum Gasteiger partial charge on any atom is 0.241 e. The van der Waals surface area contributed by atoms with E-state index in [4.69, 9.17) is 10.5 Å². The van der Waals surface area contributed by atoms with E-state index in [-0.39, 0.29) is 11.8 Å². The molecule has 0 bridgehead atoms. The van der Waals surface area contributed by atoms with Gasteiger partial charge < -0.3 is 15.8 Å². The van der Waals surface area contributed by atoms with Gasteiger partial charge in [0.1, 0.15) is 0 Å². The van der Waals surface area contributed by atoms with Crippen LogP contribution in [0.25, 0.3) is 10.2 Å². The number of ether oxygens (including phenoxy) is 1. The molecule has 1 unspecified atom stereocenters. The van der Waals surface area contributed by atoms with Crippen LogP contribution in [0.4, 0.5) is 5.69 Å². The Labute approximate surface area is 162 Å². The molecule has 5 nitrogen and oxygen atoms in total. The predicted octanol–water partition coefficient (Wildman–Crippen LogP) is 3.58. The quantitative estimate of drug-likeness (QED) is 0.708. The molecule has 0 aliphatic carbocycles. The summed E-state index contributed by atoms with van der Waals surface area (Å²) >= 11 is 1.72. The zero-order chi connectivity index (χ0) is 18.6. The first-order valence-electron chi connectivity index (χ1n) is 9.26. The fourth-order valence-electron chi connectivity index (χ4n) is 3.39. The molecule has 4 rings (SSSR count). The number of hydrogen-bond donors (Lipinski definition) is 2. The first-order chi connectivity index (χ1) is 13.2. The monoisotopic (exact) mass is 381 g/mol. The van der Waals surface area contributed by atoms with Crippen molar-refractivity contribution in [3.05, 3.63) is 59.1 Å². The normalized spacial score (nSPS) is 16.3. The lowest BCUT2D eigenvalue weighted by Crippen LogP contribution is -2.43. The largest absolute Gasteiger partial charge is 0.381 e. The van der Waals surface area contributed by atoms with Gasteiger partial charge in [0.2, 0.25) is 5.91 Å². The Bertz CT molecular complexity index is 884. The van der Waals surface area contributed by atoms with E-state index in [2.05, 4.69) is 16.4 Å². The van der Waals surface area contributed by atoms with E-state index in [1.54, 1.807) is 11.3 Å². The summed E-state index contributed by atoms with van der Waals surface area (Å²) in [6.45, 7) is 1.37. The van der Waals surface area contributed by atoms with Gasteiger partial charge in [-0.05, 0) is 48.6 Å². The van der Waals surface area contributed by atoms with Gasteiger partial charge in [-0.3, -0.25) is 4.79 Å². The van der Waals surface area contributed by atoms with Crippen molar-refractivity contribution in [2.45, 2.75) is 25.3 Å². The number of rotatable bonds is 5. The maximum atomic E-state index is 12.4. The molecule has 2 aromatic carbocycles. The smallest absolute Gasteiger partial charge is 0.241 e. The summed E-state index contributed by atoms with van der Waals surface area (Å²) in [5, 5.41) is 4.03. The van der Waals surface area contributed by atoms with Crippen molar-refractivity contribution in [1.82, 2.24) is 4.98 Å². The van der Waals surface area contributed by atoms with Crippen LogP contribution in [-0.4, -0.2) is 30.1 Å². The molecular formula is C21H23N3O2S. The predicted molar refractivity (Wildman–Crippen MR) is 109 cm³/mol. The molecule has 0 spiro atoms. The summed E-state index contributed by atoms with van der Waals surface area (Å²) in [6, 6.07) is 15.6. The molecule has 140 valence electrons. The minimum Gasteiger partial charge on any atom is -0.381 e. The Morgan fingerprint density at radius 1 is 1.19 bits per heavy atom. The SMILES string of the molecule is NC(C(=O)Nc1ccc(Cc2nc3ccccc3s2)cc1)C1CCOCC1. The number of para-hydroxylation sites is 1. The highest BCUT2D eigenvalue weighted by atomic mass is 32.1. The van der Waals surface area contributed by atoms with Gasteiger partial charge in [0.15, 0.2) is 0 Å². The number of nitrogens with one attached hydrogen (secondary N) is 1. The number of thiazole rings is 1. The average Bonchev–Trinajstić information content (AvgIpc) is 3.12. The molecule has 0 radical (unpaired) electrons. The van der Waals surface area contributed by atoms with Gasteiger partial charge in [-0.1, -0.05) is 24.3 Å². The second-order valence-corrected chi connectivity index (χ2v) is 8.03. The molecule has 1 aliphatic rings. The highest BCUT2D eigenvalue weighted by Crippen LogP contribution is 2.24. The van der Waals surface area contributed by atoms with Crippen LogP contribution in [0.3, 0.4) is 0 Å². The summed E-state index contributed by atoms with van der Waals surface area (Å²) in [4.78, 5) is 17.1. The summed E-state index contributed by atoms with van der Waals surface area (Å²) in [7, 11) is 0. The number of carbonyl (C=O) groups is 1. The standard InChI is InChI=1S/C21H23N3O2S/c22-20(15-9-11-26-12-10-15)21(25)23-16-7-5-14(6-8-16)13-19-24-17-3-1-2-4-18(17)27-19/h1-8,15,20H,9-13,22H2,(H,23,25). The minimum atomic E-state index is -0.490. The van der Waals surface area contributed by atoms with Gasteiger partial charge in [0, 0.05) is 25.3 Å². The van der Waals surface area contributed by atoms with Gasteiger partial charge in [-0.15, -0.1) is 11.3 Å². The highest BCUT2D eigenvalue weighted by Gasteiger charge is 2.26. The van der Waals surface area contributed by atoms with Crippen molar-refractivity contribution in [2.24, 2.45) is 11.7 Å². The first-order valence-corrected chi connectivity index (χ1v) is 10.1. The van der Waals surface area contributed by atoms with E-state index in [0.29, 0.717) is 13.2 Å². The number of benzene rings is 2. The van der Waals surface area contributed by atoms with E-state index in [0.717, 1.165) is 35.5 Å². The van der Waals surface area contributed by atoms with Crippen LogP contribution < -0.4 is 11.1 Å². The Kier molecular flexibility index (Phi) is 5.48. The second-order valence-electron chi connectivity index (χ2n) is 6.91. The molecule has 6 heteroatoms. The minimum absolute atomic E-state index is 0.124. The van der Waals surface area contributed by atoms with Gasteiger partial charge in [-0.25, -0.2) is 4.98 Å². The van der Waals surface area contributed by atoms with Crippen molar-refractivity contribution in [2.75, 3.05) is 18.5 Å². The number of carbonyl (C=O) groups excluding carboxylic acids is 1. The van der Waals surface area contributed by atoms with Gasteiger partial charge >= 0.3 is 0 Å². The highest BCUT2D eigenvalue weighted by molar-refractivity contribution is 7.18. The molecule has 3 N–H and O–H groups in total. The molecule has 0 saturated carbocycles. The molecule has 2 heterocycles. The van der Waals surface area contributed by atoms with Crippen LogP contribution in [0.2, 0.25) is 0 Å². The van der Waals surface area contributed by atoms with Crippen molar-refractivity contribution in [1.29, 1.82) is 0 Å². The van der Waals surface area contributed by atoms with E-state index < -0.39 is 6.04 Å². The van der Waals surface area contributed by atoms with Crippen LogP contribution in [-0.2, 0) is 16.0 Å². The number of amides is 1. The van der Waals surface area contributed by atoms with Gasteiger partial charge in [0.05, 0.1) is 21.3 Å². The lowest BCUT2D eigenvalue weighted by atomic mass is 9.92. The lowest BCUT2D eigenvalue weighted by Gasteiger charge is -2.26. The molecule has 27 heavy (non-hydrogen) atoms. The Morgan fingerprint density at radius 2 is 1.93 bits per heavy atom. The third kappa shape index (κ3) is 4.35. The number of fused-ring (bicyclic) bond motifs is 1. The van der Waals surface area contributed by atoms with Crippen LogP contribution in [0, 0.1) is 5.92 Å². The number of anilines is 1. The summed E-state index contributed by atoms with van der Waals surface area (Å²) < 4.78 is 6.54. The molecule has 1 aromatic heterocycles. The van der Waals surface area contributed by atoms with E-state index in [1.807, 2.05) is 42.5 Å². The maximum absolute atomic E-state index is 12.4. The van der Waals surface area contributed by atoms with E-state index in [1.165, 1.54) is 10.3 Å². The average molecular weight is 382 g/mol. The van der Waals surface area contributed by atoms with E-state index >= 15 is 0 Å². The molecule has 1 amide bonds. The van der Waals surface area contributed by atoms with Crippen LogP contribution in [0.5, 0.6) is 0 Å². The third-order valence-electron chi connectivity index (χ3n) is 4.99. The number of hydrogen-bond acceptors (Lipinski definition) is 5. The summed E-state index contributed by atoms with van der Waals surface area (Å²) in [5.41, 5.74) is 9.12. The molecule has 1 aliphatic heterocycles. The number of nitrogens with two attached hydrogens (primary N) is 1. The van der Waals surface area contributed by atoms with Crippen molar-refractivity contribution < 1.29 is 9.53 Å². The molecular weight excluding hydrogens is 358 g/mol. The second kappa shape index (κ2) is 8.17. The first kappa shape index (κ1) is 18.1. The van der Waals surface area contributed by atoms with Crippen LogP contribution >= 0.6 is 11.3 Å². The summed E-state index contributed by atoms with van der Waals surface area (Å²) in [6.07, 6.45) is 2.47. The Morgan fingerprint density at radius 3 is 2.67 bits per heavy atom. The third-order valence-corrected chi connectivity index (χ3v) is 6.03. The number of aromatic nitrogens is 1. The van der Waals surface area contributed by atoms with Crippen LogP contribution in [0.15, 0.2) is 48.5 Å². The number of nitrogens with zero attached hydrogens (tertiary/aromatic N) is 1. The fourth-order valence-corrected chi connectivity index (χ4v) is 4.39. The van der Waals surface area contributed by atoms with E-state index in [9.17, 15) is 4.79 Å². The molecule has 3 aromatic rings. The zero-order valence-electron chi connectivity index (χ0n) is 15.1. The van der Waals surface area contributed by atoms with Gasteiger partial charge in [-0.2, -0.15) is 0 Å². The lowest BCUT2D eigenvalue weighted by molar-refractivity contribution is -0.119. The van der Waals surface area contributed by atoms with Crippen molar-refractivity contribution >= 4 is 33.1 Å². The summed E-state index contributed by atoms with van der Waals surface area (Å²) in [5.74, 6) is 0.0675. The van der Waals surface area contributed by atoms with Crippen LogP contribution in [0.1, 0.15) is 23.4 Å². The van der Waals surface area contributed by atoms with Crippen molar-refractivity contribution in [3.8, 4) is 0 Å². The fraction of sp³-hybridized carbons (Fsp3) is 0.333. The Balaban J connectivity index is 1.37. The molecule has 1 fully saturated rings. The topological polar surface area (TPSA) is 77.2 Å².